The summed E-state index contributed by atoms with van der Waals surface area (Å²) in [5.41, 5.74) is -1.51. The predicted molar refractivity (Wildman–Crippen MR) is 121 cm³/mol. The Labute approximate surface area is 212 Å². The second kappa shape index (κ2) is 11.0. The van der Waals surface area contributed by atoms with Crippen LogP contribution in [0.25, 0.3) is 0 Å². The number of amides is 4. The third-order valence-corrected chi connectivity index (χ3v) is 5.75. The van der Waals surface area contributed by atoms with E-state index in [1.165, 1.54) is 18.2 Å². The lowest BCUT2D eigenvalue weighted by Crippen LogP contribution is -2.41. The number of halogens is 7. The summed E-state index contributed by atoms with van der Waals surface area (Å²) < 4.78 is 92.7. The average molecular weight is 561 g/mol. The molecule has 2 N–H and O–H groups in total. The van der Waals surface area contributed by atoms with Crippen LogP contribution in [0.2, 0.25) is 0 Å². The van der Waals surface area contributed by atoms with Crippen LogP contribution in [-0.2, 0) is 12.4 Å². The molecule has 4 amide bonds. The highest BCUT2D eigenvalue weighted by atomic mass is 32.1. The van der Waals surface area contributed by atoms with Crippen LogP contribution in [0.5, 0.6) is 0 Å². The molecular weight excluding hydrogens is 547 g/mol. The quantitative estimate of drug-likeness (QED) is 0.258. The van der Waals surface area contributed by atoms with Gasteiger partial charge in [0.2, 0.25) is 0 Å². The standard InChI is InChI=1S/C22H14F7N5O3S/c1-34(19(37)32-17(35)13-7-2-3-8-14(13)23)20-31-16(22(27,28)29)15(38-20)18(36)33-30-10-11-5-4-6-12(9-11)21(24,25)26/h2-10H,1H3,(H,33,36)(H,32,35,37)/b30-10+. The van der Waals surface area contributed by atoms with Gasteiger partial charge in [0.15, 0.2) is 10.8 Å². The van der Waals surface area contributed by atoms with E-state index < -0.39 is 62.8 Å². The van der Waals surface area contributed by atoms with E-state index in [0.29, 0.717) is 11.0 Å². The van der Waals surface area contributed by atoms with Gasteiger partial charge in [0.1, 0.15) is 10.7 Å². The monoisotopic (exact) mass is 561 g/mol. The molecular formula is C22H14F7N5O3S. The highest BCUT2D eigenvalue weighted by Gasteiger charge is 2.40. The van der Waals surface area contributed by atoms with Crippen molar-refractivity contribution in [2.75, 3.05) is 11.9 Å². The van der Waals surface area contributed by atoms with Crippen LogP contribution in [0.1, 0.15) is 36.9 Å². The van der Waals surface area contributed by atoms with E-state index >= 15 is 0 Å². The Morgan fingerprint density at radius 2 is 1.66 bits per heavy atom. The van der Waals surface area contributed by atoms with E-state index in [1.807, 2.05) is 0 Å². The maximum Gasteiger partial charge on any atom is 0.435 e. The number of anilines is 1. The SMILES string of the molecule is CN(C(=O)NC(=O)c1ccccc1F)c1nc(C(F)(F)F)c(C(=O)N/N=C/c2cccc(C(F)(F)F)c2)s1. The summed E-state index contributed by atoms with van der Waals surface area (Å²) in [4.78, 5) is 39.6. The van der Waals surface area contributed by atoms with Gasteiger partial charge in [-0.1, -0.05) is 35.6 Å². The molecule has 0 unspecified atom stereocenters. The summed E-state index contributed by atoms with van der Waals surface area (Å²) >= 11 is 0.123. The molecule has 3 aromatic rings. The zero-order valence-corrected chi connectivity index (χ0v) is 19.6. The number of alkyl halides is 6. The van der Waals surface area contributed by atoms with E-state index in [0.717, 1.165) is 37.5 Å². The van der Waals surface area contributed by atoms with E-state index in [-0.39, 0.29) is 16.9 Å². The van der Waals surface area contributed by atoms with Gasteiger partial charge >= 0.3 is 18.4 Å². The number of benzene rings is 2. The molecule has 1 heterocycles. The Balaban J connectivity index is 1.78. The summed E-state index contributed by atoms with van der Waals surface area (Å²) in [6.45, 7) is 0. The second-order valence-corrected chi connectivity index (χ2v) is 8.27. The van der Waals surface area contributed by atoms with E-state index in [9.17, 15) is 45.1 Å². The number of rotatable bonds is 5. The number of hydrazone groups is 1. The Kier molecular flexibility index (Phi) is 8.14. The Morgan fingerprint density at radius 1 is 0.974 bits per heavy atom. The Hall–Kier alpha value is -4.34. The number of hydrogen-bond donors (Lipinski definition) is 2. The molecule has 0 aliphatic heterocycles. The van der Waals surface area contributed by atoms with Gasteiger partial charge < -0.3 is 0 Å². The van der Waals surface area contributed by atoms with Crippen LogP contribution in [-0.4, -0.2) is 36.1 Å². The normalized spacial score (nSPS) is 11.9. The van der Waals surface area contributed by atoms with Crippen LogP contribution < -0.4 is 15.6 Å². The Bertz CT molecular complexity index is 1400. The minimum Gasteiger partial charge on any atom is -0.273 e. The van der Waals surface area contributed by atoms with Gasteiger partial charge in [-0.05, 0) is 29.8 Å². The molecule has 0 saturated heterocycles. The summed E-state index contributed by atoms with van der Waals surface area (Å²) in [5, 5.41) is 4.52. The number of imide groups is 1. The molecule has 0 saturated carbocycles. The molecule has 0 aliphatic carbocycles. The smallest absolute Gasteiger partial charge is 0.273 e. The van der Waals surface area contributed by atoms with Gasteiger partial charge in [-0.25, -0.2) is 19.6 Å². The van der Waals surface area contributed by atoms with Crippen molar-refractivity contribution in [1.82, 2.24) is 15.7 Å². The highest BCUT2D eigenvalue weighted by Crippen LogP contribution is 2.37. The summed E-state index contributed by atoms with van der Waals surface area (Å²) in [6, 6.07) is 7.17. The van der Waals surface area contributed by atoms with Crippen molar-refractivity contribution in [3.8, 4) is 0 Å². The van der Waals surface area contributed by atoms with Crippen molar-refractivity contribution in [3.63, 3.8) is 0 Å². The number of nitrogens with zero attached hydrogens (tertiary/aromatic N) is 3. The van der Waals surface area contributed by atoms with Crippen LogP contribution in [0.4, 0.5) is 40.7 Å². The predicted octanol–water partition coefficient (Wildman–Crippen LogP) is 5.07. The number of carbonyl (C=O) groups is 3. The number of urea groups is 1. The minimum atomic E-state index is -5.15. The number of aromatic nitrogens is 1. The maximum atomic E-state index is 13.7. The molecule has 1 aromatic heterocycles. The van der Waals surface area contributed by atoms with Crippen LogP contribution >= 0.6 is 11.3 Å². The lowest BCUT2D eigenvalue weighted by molar-refractivity contribution is -0.141. The molecule has 16 heteroatoms. The molecule has 0 bridgehead atoms. The zero-order valence-electron chi connectivity index (χ0n) is 18.8. The van der Waals surface area contributed by atoms with Crippen molar-refractivity contribution in [3.05, 3.63) is 81.6 Å². The topological polar surface area (TPSA) is 104 Å². The van der Waals surface area contributed by atoms with Crippen LogP contribution in [0.3, 0.4) is 0 Å². The number of nitrogens with one attached hydrogen (secondary N) is 2. The molecule has 2 aromatic carbocycles. The molecule has 0 atom stereocenters. The van der Waals surface area contributed by atoms with E-state index in [4.69, 9.17) is 0 Å². The summed E-state index contributed by atoms with van der Waals surface area (Å²) in [6.07, 6.45) is -9.01. The molecule has 3 rings (SSSR count). The first-order valence-corrected chi connectivity index (χ1v) is 10.9. The van der Waals surface area contributed by atoms with Gasteiger partial charge in [0.25, 0.3) is 11.8 Å². The molecule has 0 radical (unpaired) electrons. The van der Waals surface area contributed by atoms with Crippen molar-refractivity contribution in [2.45, 2.75) is 12.4 Å². The number of carbonyl (C=O) groups excluding carboxylic acids is 3. The lowest BCUT2D eigenvalue weighted by Gasteiger charge is -2.14. The second-order valence-electron chi connectivity index (χ2n) is 7.29. The molecule has 0 aliphatic rings. The molecule has 200 valence electrons. The summed E-state index contributed by atoms with van der Waals surface area (Å²) in [7, 11) is 0.955. The van der Waals surface area contributed by atoms with E-state index in [1.54, 1.807) is 10.7 Å². The highest BCUT2D eigenvalue weighted by molar-refractivity contribution is 7.17. The van der Waals surface area contributed by atoms with Crippen molar-refractivity contribution in [1.29, 1.82) is 0 Å². The minimum absolute atomic E-state index is 0.0999. The number of hydrogen-bond acceptors (Lipinski definition) is 6. The first-order valence-electron chi connectivity index (χ1n) is 10.1. The van der Waals surface area contributed by atoms with Crippen molar-refractivity contribution in [2.24, 2.45) is 5.10 Å². The average Bonchev–Trinajstić information content (AvgIpc) is 3.30. The first-order chi connectivity index (χ1) is 17.7. The van der Waals surface area contributed by atoms with Gasteiger partial charge in [-0.15, -0.1) is 0 Å². The fourth-order valence-corrected chi connectivity index (χ4v) is 3.73. The molecule has 0 spiro atoms. The third-order valence-electron chi connectivity index (χ3n) is 4.61. The van der Waals surface area contributed by atoms with Crippen LogP contribution in [0, 0.1) is 5.82 Å². The van der Waals surface area contributed by atoms with Gasteiger partial charge in [-0.2, -0.15) is 31.4 Å². The lowest BCUT2D eigenvalue weighted by atomic mass is 10.1. The van der Waals surface area contributed by atoms with Crippen molar-refractivity contribution >= 4 is 40.5 Å². The number of thiazole rings is 1. The van der Waals surface area contributed by atoms with Gasteiger partial charge in [0, 0.05) is 7.05 Å². The molecule has 38 heavy (non-hydrogen) atoms. The maximum absolute atomic E-state index is 13.7. The van der Waals surface area contributed by atoms with Crippen LogP contribution in [0.15, 0.2) is 53.6 Å². The Morgan fingerprint density at radius 3 is 2.29 bits per heavy atom. The molecule has 8 nitrogen and oxygen atoms in total. The molecule has 0 fully saturated rings. The summed E-state index contributed by atoms with van der Waals surface area (Å²) in [5.74, 6) is -3.53. The fourth-order valence-electron chi connectivity index (χ4n) is 2.79. The zero-order chi connectivity index (χ0) is 28.3. The largest absolute Gasteiger partial charge is 0.435 e. The third kappa shape index (κ3) is 6.70. The van der Waals surface area contributed by atoms with E-state index in [2.05, 4.69) is 10.1 Å². The van der Waals surface area contributed by atoms with Gasteiger partial charge in [-0.3, -0.25) is 19.8 Å². The van der Waals surface area contributed by atoms with Crippen molar-refractivity contribution < 1.29 is 45.1 Å². The van der Waals surface area contributed by atoms with Gasteiger partial charge in [0.05, 0.1) is 17.3 Å². The fraction of sp³-hybridized carbons (Fsp3) is 0.136. The first kappa shape index (κ1) is 28.2.